The summed E-state index contributed by atoms with van der Waals surface area (Å²) in [4.78, 5) is 4.18. The molecule has 2 aromatic rings. The number of anilines is 1. The number of rotatable bonds is 2. The Hall–Kier alpha value is -1.84. The lowest BCUT2D eigenvalue weighted by molar-refractivity contribution is 0.671. The molecule has 2 N–H and O–H groups in total. The molecule has 4 heteroatoms. The average Bonchev–Trinajstić information content (AvgIpc) is 2.61. The summed E-state index contributed by atoms with van der Waals surface area (Å²) < 4.78 is 1.68. The van der Waals surface area contributed by atoms with Gasteiger partial charge in [-0.3, -0.25) is 0 Å². The van der Waals surface area contributed by atoms with Gasteiger partial charge in [0.1, 0.15) is 0 Å². The number of benzene rings is 1. The van der Waals surface area contributed by atoms with Crippen LogP contribution in [0.3, 0.4) is 0 Å². The van der Waals surface area contributed by atoms with Gasteiger partial charge in [0.2, 0.25) is 5.95 Å². The third kappa shape index (κ3) is 1.46. The van der Waals surface area contributed by atoms with Crippen molar-refractivity contribution in [3.05, 3.63) is 30.3 Å². The predicted octanol–water partition coefficient (Wildman–Crippen LogP) is 1.55. The quantitative estimate of drug-likeness (QED) is 0.777. The molecule has 72 valence electrons. The Morgan fingerprint density at radius 3 is 2.57 bits per heavy atom. The van der Waals surface area contributed by atoms with Gasteiger partial charge in [-0.05, 0) is 6.92 Å². The number of hydrogen-bond donors (Lipinski definition) is 1. The van der Waals surface area contributed by atoms with Crippen LogP contribution in [-0.4, -0.2) is 14.8 Å². The van der Waals surface area contributed by atoms with Crippen molar-refractivity contribution in [3.63, 3.8) is 0 Å². The van der Waals surface area contributed by atoms with Crippen LogP contribution in [0.2, 0.25) is 0 Å². The Labute approximate surface area is 82.4 Å². The highest BCUT2D eigenvalue weighted by Gasteiger charge is 2.06. The van der Waals surface area contributed by atoms with Gasteiger partial charge < -0.3 is 5.73 Å². The van der Waals surface area contributed by atoms with Crippen molar-refractivity contribution in [3.8, 4) is 11.4 Å². The highest BCUT2D eigenvalue weighted by atomic mass is 15.4. The Balaban J connectivity index is 2.43. The monoisotopic (exact) mass is 188 g/mol. The summed E-state index contributed by atoms with van der Waals surface area (Å²) in [5.74, 6) is 1.15. The second-order valence-electron chi connectivity index (χ2n) is 2.98. The normalized spacial score (nSPS) is 10.4. The highest BCUT2D eigenvalue weighted by Crippen LogP contribution is 2.15. The summed E-state index contributed by atoms with van der Waals surface area (Å²) in [7, 11) is 0. The van der Waals surface area contributed by atoms with Crippen LogP contribution < -0.4 is 5.73 Å². The molecule has 0 saturated carbocycles. The van der Waals surface area contributed by atoms with E-state index in [2.05, 4.69) is 10.1 Å². The molecule has 0 fully saturated rings. The summed E-state index contributed by atoms with van der Waals surface area (Å²) in [6.45, 7) is 2.73. The molecule has 0 saturated heterocycles. The SMILES string of the molecule is CCn1nc(-c2ccccc2)nc1N. The number of aryl methyl sites for hydroxylation is 1. The third-order valence-corrected chi connectivity index (χ3v) is 2.03. The predicted molar refractivity (Wildman–Crippen MR) is 55.5 cm³/mol. The van der Waals surface area contributed by atoms with Crippen molar-refractivity contribution < 1.29 is 0 Å². The molecule has 0 spiro atoms. The Morgan fingerprint density at radius 2 is 2.00 bits per heavy atom. The molecule has 0 radical (unpaired) electrons. The molecule has 1 aromatic carbocycles. The smallest absolute Gasteiger partial charge is 0.219 e. The van der Waals surface area contributed by atoms with Crippen LogP contribution >= 0.6 is 0 Å². The molecule has 0 atom stereocenters. The van der Waals surface area contributed by atoms with Crippen LogP contribution in [0.1, 0.15) is 6.92 Å². The van der Waals surface area contributed by atoms with E-state index in [1.807, 2.05) is 37.3 Å². The van der Waals surface area contributed by atoms with E-state index >= 15 is 0 Å². The van der Waals surface area contributed by atoms with Gasteiger partial charge in [0, 0.05) is 12.1 Å². The van der Waals surface area contributed by atoms with E-state index in [0.29, 0.717) is 11.8 Å². The summed E-state index contributed by atoms with van der Waals surface area (Å²) in [6, 6.07) is 9.81. The fourth-order valence-corrected chi connectivity index (χ4v) is 1.30. The summed E-state index contributed by atoms with van der Waals surface area (Å²) in [5.41, 5.74) is 6.67. The van der Waals surface area contributed by atoms with Gasteiger partial charge in [-0.15, -0.1) is 5.10 Å². The lowest BCUT2D eigenvalue weighted by Crippen LogP contribution is -2.02. The lowest BCUT2D eigenvalue weighted by atomic mass is 10.2. The fraction of sp³-hybridized carbons (Fsp3) is 0.200. The minimum atomic E-state index is 0.464. The van der Waals surface area contributed by atoms with Crippen molar-refractivity contribution in [2.75, 3.05) is 5.73 Å². The van der Waals surface area contributed by atoms with Crippen LogP contribution in [0.5, 0.6) is 0 Å². The maximum absolute atomic E-state index is 5.68. The first-order chi connectivity index (χ1) is 6.81. The van der Waals surface area contributed by atoms with Crippen LogP contribution in [0.4, 0.5) is 5.95 Å². The minimum Gasteiger partial charge on any atom is -0.368 e. The van der Waals surface area contributed by atoms with Crippen molar-refractivity contribution >= 4 is 5.95 Å². The van der Waals surface area contributed by atoms with Gasteiger partial charge in [-0.1, -0.05) is 30.3 Å². The van der Waals surface area contributed by atoms with Gasteiger partial charge >= 0.3 is 0 Å². The van der Waals surface area contributed by atoms with E-state index in [1.165, 1.54) is 0 Å². The van der Waals surface area contributed by atoms with E-state index in [-0.39, 0.29) is 0 Å². The molecule has 0 aliphatic rings. The maximum Gasteiger partial charge on any atom is 0.219 e. The molecule has 1 heterocycles. The van der Waals surface area contributed by atoms with Crippen molar-refractivity contribution in [2.24, 2.45) is 0 Å². The zero-order valence-corrected chi connectivity index (χ0v) is 8.01. The second-order valence-corrected chi connectivity index (χ2v) is 2.98. The zero-order chi connectivity index (χ0) is 9.97. The first-order valence-corrected chi connectivity index (χ1v) is 4.57. The van der Waals surface area contributed by atoms with Crippen molar-refractivity contribution in [1.29, 1.82) is 0 Å². The Kier molecular flexibility index (Phi) is 2.18. The summed E-state index contributed by atoms with van der Waals surface area (Å²) in [6.07, 6.45) is 0. The lowest BCUT2D eigenvalue weighted by Gasteiger charge is -1.94. The van der Waals surface area contributed by atoms with Gasteiger partial charge in [0.25, 0.3) is 0 Å². The largest absolute Gasteiger partial charge is 0.368 e. The first-order valence-electron chi connectivity index (χ1n) is 4.57. The number of aromatic nitrogens is 3. The molecule has 0 bridgehead atoms. The van der Waals surface area contributed by atoms with E-state index < -0.39 is 0 Å². The molecule has 4 nitrogen and oxygen atoms in total. The van der Waals surface area contributed by atoms with Crippen molar-refractivity contribution in [2.45, 2.75) is 13.5 Å². The number of hydrogen-bond acceptors (Lipinski definition) is 3. The number of nitrogens with two attached hydrogens (primary N) is 1. The summed E-state index contributed by atoms with van der Waals surface area (Å²) >= 11 is 0. The molecular weight excluding hydrogens is 176 g/mol. The summed E-state index contributed by atoms with van der Waals surface area (Å²) in [5, 5.41) is 4.28. The third-order valence-electron chi connectivity index (χ3n) is 2.03. The molecule has 0 unspecified atom stereocenters. The van der Waals surface area contributed by atoms with Gasteiger partial charge in [0.15, 0.2) is 5.82 Å². The minimum absolute atomic E-state index is 0.464. The van der Waals surface area contributed by atoms with Crippen LogP contribution in [0, 0.1) is 0 Å². The zero-order valence-electron chi connectivity index (χ0n) is 8.01. The standard InChI is InChI=1S/C10H12N4/c1-2-14-10(11)12-9(13-14)8-6-4-3-5-7-8/h3-7H,2H2,1H3,(H2,11,12,13). The highest BCUT2D eigenvalue weighted by molar-refractivity contribution is 5.55. The van der Waals surface area contributed by atoms with E-state index in [1.54, 1.807) is 4.68 Å². The fourth-order valence-electron chi connectivity index (χ4n) is 1.30. The van der Waals surface area contributed by atoms with Gasteiger partial charge in [-0.2, -0.15) is 4.98 Å². The van der Waals surface area contributed by atoms with Gasteiger partial charge in [0.05, 0.1) is 0 Å². The van der Waals surface area contributed by atoms with E-state index in [4.69, 9.17) is 5.73 Å². The first kappa shape index (κ1) is 8.74. The Bertz CT molecular complexity index is 419. The molecule has 14 heavy (non-hydrogen) atoms. The van der Waals surface area contributed by atoms with E-state index in [0.717, 1.165) is 12.1 Å². The Morgan fingerprint density at radius 1 is 1.29 bits per heavy atom. The number of nitrogen functional groups attached to an aromatic ring is 1. The van der Waals surface area contributed by atoms with E-state index in [9.17, 15) is 0 Å². The molecule has 0 aliphatic carbocycles. The molecular formula is C10H12N4. The molecule has 0 aliphatic heterocycles. The molecule has 0 amide bonds. The molecule has 1 aromatic heterocycles. The number of nitrogens with zero attached hydrogens (tertiary/aromatic N) is 3. The topological polar surface area (TPSA) is 56.7 Å². The maximum atomic E-state index is 5.68. The van der Waals surface area contributed by atoms with Crippen LogP contribution in [-0.2, 0) is 6.54 Å². The average molecular weight is 188 g/mol. The van der Waals surface area contributed by atoms with Crippen LogP contribution in [0.25, 0.3) is 11.4 Å². The van der Waals surface area contributed by atoms with Crippen LogP contribution in [0.15, 0.2) is 30.3 Å². The van der Waals surface area contributed by atoms with Crippen molar-refractivity contribution in [1.82, 2.24) is 14.8 Å². The molecule has 2 rings (SSSR count). The van der Waals surface area contributed by atoms with Gasteiger partial charge in [-0.25, -0.2) is 4.68 Å². The second kappa shape index (κ2) is 3.49.